The number of aryl methyl sites for hydroxylation is 2. The monoisotopic (exact) mass is 321 g/mol. The molecule has 0 aliphatic carbocycles. The van der Waals surface area contributed by atoms with Crippen molar-refractivity contribution in [2.24, 2.45) is 0 Å². The summed E-state index contributed by atoms with van der Waals surface area (Å²) in [6, 6.07) is 9.81. The highest BCUT2D eigenvalue weighted by Crippen LogP contribution is 2.07. The van der Waals surface area contributed by atoms with Gasteiger partial charge in [-0.15, -0.1) is 0 Å². The van der Waals surface area contributed by atoms with Crippen LogP contribution in [-0.2, 0) is 22.5 Å². The summed E-state index contributed by atoms with van der Waals surface area (Å²) in [6.07, 6.45) is 2.17. The fraction of sp³-hybridized carbons (Fsp3) is 0.267. The van der Waals surface area contributed by atoms with E-state index in [4.69, 9.17) is 11.6 Å². The van der Waals surface area contributed by atoms with Crippen molar-refractivity contribution >= 4 is 23.4 Å². The average Bonchev–Trinajstić information content (AvgIpc) is 2.54. The highest BCUT2D eigenvalue weighted by Gasteiger charge is 2.09. The molecule has 0 aliphatic rings. The molecule has 2 rings (SSSR count). The number of benzene rings is 1. The topological polar surface area (TPSA) is 73.2 Å². The zero-order valence-corrected chi connectivity index (χ0v) is 12.8. The minimum atomic E-state index is -0.489. The molecule has 0 unspecified atom stereocenters. The molecule has 116 valence electrons. The van der Waals surface area contributed by atoms with Crippen LogP contribution in [0.25, 0.3) is 0 Å². The Labute approximate surface area is 132 Å². The van der Waals surface area contributed by atoms with Gasteiger partial charge in [-0.2, -0.15) is 0 Å². The standard InChI is InChI=1S/C15H16ClN3O3/c1-22-13(20)9-17-14-15(21)19(10-12(16)18-14)8-7-11-5-3-2-4-6-11/h2-6,10H,7-9H2,1H3,(H,17,18). The van der Waals surface area contributed by atoms with Crippen LogP contribution in [0, 0.1) is 0 Å². The lowest BCUT2D eigenvalue weighted by Crippen LogP contribution is -2.27. The zero-order valence-electron chi connectivity index (χ0n) is 12.1. The van der Waals surface area contributed by atoms with Crippen LogP contribution in [0.15, 0.2) is 41.3 Å². The van der Waals surface area contributed by atoms with E-state index in [1.54, 1.807) is 0 Å². The molecule has 0 aliphatic heterocycles. The zero-order chi connectivity index (χ0) is 15.9. The Morgan fingerprint density at radius 2 is 2.09 bits per heavy atom. The van der Waals surface area contributed by atoms with Crippen LogP contribution in [0.1, 0.15) is 5.56 Å². The van der Waals surface area contributed by atoms with Crippen molar-refractivity contribution in [3.05, 3.63) is 57.6 Å². The number of aromatic nitrogens is 2. The van der Waals surface area contributed by atoms with E-state index in [1.807, 2.05) is 30.3 Å². The van der Waals surface area contributed by atoms with Gasteiger partial charge in [0.15, 0.2) is 5.82 Å². The predicted molar refractivity (Wildman–Crippen MR) is 84.2 cm³/mol. The van der Waals surface area contributed by atoms with E-state index in [9.17, 15) is 9.59 Å². The minimum Gasteiger partial charge on any atom is -0.468 e. The molecule has 22 heavy (non-hydrogen) atoms. The van der Waals surface area contributed by atoms with Crippen LogP contribution in [0.5, 0.6) is 0 Å². The second kappa shape index (κ2) is 7.61. The molecule has 1 aromatic carbocycles. The predicted octanol–water partition coefficient (Wildman–Crippen LogP) is 1.72. The maximum Gasteiger partial charge on any atom is 0.325 e. The molecule has 0 atom stereocenters. The number of hydrogen-bond acceptors (Lipinski definition) is 5. The van der Waals surface area contributed by atoms with Gasteiger partial charge in [0.1, 0.15) is 11.7 Å². The first-order chi connectivity index (χ1) is 10.6. The van der Waals surface area contributed by atoms with Crippen LogP contribution in [0.4, 0.5) is 5.82 Å². The van der Waals surface area contributed by atoms with Crippen molar-refractivity contribution in [2.45, 2.75) is 13.0 Å². The first kappa shape index (κ1) is 16.0. The quantitative estimate of drug-likeness (QED) is 0.820. The first-order valence-corrected chi connectivity index (χ1v) is 7.09. The molecule has 0 saturated heterocycles. The number of hydrogen-bond donors (Lipinski definition) is 1. The van der Waals surface area contributed by atoms with E-state index in [0.717, 1.165) is 5.56 Å². The average molecular weight is 322 g/mol. The van der Waals surface area contributed by atoms with E-state index in [1.165, 1.54) is 17.9 Å². The highest BCUT2D eigenvalue weighted by atomic mass is 35.5. The molecule has 1 aromatic heterocycles. The lowest BCUT2D eigenvalue weighted by molar-refractivity contribution is -0.138. The smallest absolute Gasteiger partial charge is 0.325 e. The molecule has 7 heteroatoms. The van der Waals surface area contributed by atoms with Crippen LogP contribution in [-0.4, -0.2) is 29.2 Å². The summed E-state index contributed by atoms with van der Waals surface area (Å²) in [5, 5.41) is 2.82. The Bertz CT molecular complexity index is 701. The largest absolute Gasteiger partial charge is 0.468 e. The number of nitrogens with one attached hydrogen (secondary N) is 1. The normalized spacial score (nSPS) is 10.3. The van der Waals surface area contributed by atoms with Gasteiger partial charge in [0, 0.05) is 12.7 Å². The summed E-state index contributed by atoms with van der Waals surface area (Å²) in [6.45, 7) is 0.329. The Kier molecular flexibility index (Phi) is 5.55. The third-order valence-electron chi connectivity index (χ3n) is 3.06. The van der Waals surface area contributed by atoms with Gasteiger partial charge < -0.3 is 14.6 Å². The number of ether oxygens (including phenoxy) is 1. The molecule has 0 radical (unpaired) electrons. The summed E-state index contributed by atoms with van der Waals surface area (Å²) in [5.74, 6) is -0.456. The lowest BCUT2D eigenvalue weighted by atomic mass is 10.1. The third kappa shape index (κ3) is 4.33. The molecule has 0 spiro atoms. The Hall–Kier alpha value is -2.34. The number of rotatable bonds is 6. The van der Waals surface area contributed by atoms with Crippen molar-refractivity contribution in [3.63, 3.8) is 0 Å². The number of halogens is 1. The minimum absolute atomic E-state index is 0.0333. The van der Waals surface area contributed by atoms with Crippen LogP contribution >= 0.6 is 11.6 Å². The first-order valence-electron chi connectivity index (χ1n) is 6.71. The molecule has 6 nitrogen and oxygen atoms in total. The fourth-order valence-corrected chi connectivity index (χ4v) is 2.11. The molecule has 1 N–H and O–H groups in total. The molecular formula is C15H16ClN3O3. The van der Waals surface area contributed by atoms with Gasteiger partial charge in [0.25, 0.3) is 5.56 Å². The maximum atomic E-state index is 12.3. The van der Waals surface area contributed by atoms with Crippen LogP contribution in [0.3, 0.4) is 0 Å². The molecule has 1 heterocycles. The number of anilines is 1. The van der Waals surface area contributed by atoms with Gasteiger partial charge in [0.05, 0.1) is 7.11 Å². The van der Waals surface area contributed by atoms with Crippen LogP contribution in [0.2, 0.25) is 5.15 Å². The second-order valence-corrected chi connectivity index (χ2v) is 4.96. The number of carbonyl (C=O) groups excluding carboxylic acids is 1. The highest BCUT2D eigenvalue weighted by molar-refractivity contribution is 6.29. The van der Waals surface area contributed by atoms with Gasteiger partial charge in [-0.1, -0.05) is 41.9 Å². The van der Waals surface area contributed by atoms with Gasteiger partial charge in [-0.3, -0.25) is 9.59 Å². The molecule has 2 aromatic rings. The van der Waals surface area contributed by atoms with Crippen molar-refractivity contribution in [3.8, 4) is 0 Å². The Balaban J connectivity index is 2.12. The van der Waals surface area contributed by atoms with Gasteiger partial charge in [0.2, 0.25) is 0 Å². The van der Waals surface area contributed by atoms with Crippen molar-refractivity contribution < 1.29 is 9.53 Å². The van der Waals surface area contributed by atoms with E-state index < -0.39 is 5.97 Å². The van der Waals surface area contributed by atoms with E-state index in [2.05, 4.69) is 15.0 Å². The van der Waals surface area contributed by atoms with E-state index >= 15 is 0 Å². The molecule has 0 amide bonds. The van der Waals surface area contributed by atoms with E-state index in [-0.39, 0.29) is 23.1 Å². The molecule has 0 bridgehead atoms. The molecule has 0 fully saturated rings. The summed E-state index contributed by atoms with van der Waals surface area (Å²) < 4.78 is 5.98. The lowest BCUT2D eigenvalue weighted by Gasteiger charge is -2.09. The van der Waals surface area contributed by atoms with Crippen molar-refractivity contribution in [2.75, 3.05) is 19.0 Å². The SMILES string of the molecule is COC(=O)CNc1nc(Cl)cn(CCc2ccccc2)c1=O. The summed E-state index contributed by atoms with van der Waals surface area (Å²) >= 11 is 5.93. The number of carbonyl (C=O) groups is 1. The molecule has 0 saturated carbocycles. The van der Waals surface area contributed by atoms with Crippen molar-refractivity contribution in [1.82, 2.24) is 9.55 Å². The maximum absolute atomic E-state index is 12.3. The number of nitrogens with zero attached hydrogens (tertiary/aromatic N) is 2. The second-order valence-electron chi connectivity index (χ2n) is 4.58. The number of methoxy groups -OCH3 is 1. The summed E-state index contributed by atoms with van der Waals surface area (Å²) in [7, 11) is 1.27. The van der Waals surface area contributed by atoms with Gasteiger partial charge >= 0.3 is 5.97 Å². The summed E-state index contributed by atoms with van der Waals surface area (Å²) in [4.78, 5) is 27.3. The summed E-state index contributed by atoms with van der Waals surface area (Å²) in [5.41, 5.74) is 0.788. The Morgan fingerprint density at radius 3 is 2.77 bits per heavy atom. The van der Waals surface area contributed by atoms with Crippen molar-refractivity contribution in [1.29, 1.82) is 0 Å². The Morgan fingerprint density at radius 1 is 1.36 bits per heavy atom. The van der Waals surface area contributed by atoms with Gasteiger partial charge in [-0.05, 0) is 12.0 Å². The van der Waals surface area contributed by atoms with E-state index in [0.29, 0.717) is 13.0 Å². The van der Waals surface area contributed by atoms with Crippen LogP contribution < -0.4 is 10.9 Å². The number of esters is 1. The third-order valence-corrected chi connectivity index (χ3v) is 3.24. The molecular weight excluding hydrogens is 306 g/mol. The fourth-order valence-electron chi connectivity index (χ4n) is 1.91. The van der Waals surface area contributed by atoms with Gasteiger partial charge in [-0.25, -0.2) is 4.98 Å².